The van der Waals surface area contributed by atoms with Gasteiger partial charge in [0.2, 0.25) is 5.91 Å². The first-order chi connectivity index (χ1) is 13.6. The third kappa shape index (κ3) is 10.2. The van der Waals surface area contributed by atoms with Gasteiger partial charge in [-0.15, -0.1) is 24.0 Å². The smallest absolute Gasteiger partial charge is 0.231 e. The third-order valence-electron chi connectivity index (χ3n) is 4.69. The Balaban J connectivity index is 0.00000420. The van der Waals surface area contributed by atoms with Crippen molar-refractivity contribution < 1.29 is 9.53 Å². The highest BCUT2D eigenvalue weighted by Crippen LogP contribution is 2.14. The van der Waals surface area contributed by atoms with Crippen LogP contribution in [-0.4, -0.2) is 62.1 Å². The van der Waals surface area contributed by atoms with Crippen molar-refractivity contribution in [2.75, 3.05) is 39.3 Å². The second kappa shape index (κ2) is 14.4. The number of guanidine groups is 1. The summed E-state index contributed by atoms with van der Waals surface area (Å²) in [4.78, 5) is 17.9. The highest BCUT2D eigenvalue weighted by atomic mass is 127. The molecule has 1 saturated heterocycles. The van der Waals surface area contributed by atoms with Crippen LogP contribution in [-0.2, 0) is 11.2 Å². The van der Waals surface area contributed by atoms with E-state index in [0.29, 0.717) is 19.1 Å². The predicted octanol–water partition coefficient (Wildman–Crippen LogP) is 2.14. The van der Waals surface area contributed by atoms with Crippen LogP contribution >= 0.6 is 24.0 Å². The van der Waals surface area contributed by atoms with Crippen LogP contribution in [0.25, 0.3) is 0 Å². The maximum absolute atomic E-state index is 11.0. The SMILES string of the molecule is CCCOc1cccc(CCN=C(NCC)NC2CCN(CC(N)=O)CC2)c1.I. The zero-order valence-corrected chi connectivity index (χ0v) is 20.0. The molecule has 0 aliphatic carbocycles. The summed E-state index contributed by atoms with van der Waals surface area (Å²) in [5.41, 5.74) is 6.51. The molecule has 1 heterocycles. The summed E-state index contributed by atoms with van der Waals surface area (Å²) in [6.45, 7) is 8.57. The van der Waals surface area contributed by atoms with E-state index in [0.717, 1.165) is 63.6 Å². The minimum atomic E-state index is -0.259. The number of amides is 1. The number of nitrogens with one attached hydrogen (secondary N) is 2. The van der Waals surface area contributed by atoms with E-state index in [4.69, 9.17) is 15.5 Å². The zero-order valence-electron chi connectivity index (χ0n) is 17.7. The number of likely N-dealkylation sites (tertiary alicyclic amines) is 1. The molecule has 8 heteroatoms. The number of benzene rings is 1. The Morgan fingerprint density at radius 3 is 2.72 bits per heavy atom. The second-order valence-corrected chi connectivity index (χ2v) is 7.17. The maximum atomic E-state index is 11.0. The number of nitrogens with zero attached hydrogens (tertiary/aromatic N) is 2. The van der Waals surface area contributed by atoms with Crippen molar-refractivity contribution in [3.63, 3.8) is 0 Å². The lowest BCUT2D eigenvalue weighted by atomic mass is 10.1. The van der Waals surface area contributed by atoms with Gasteiger partial charge >= 0.3 is 0 Å². The van der Waals surface area contributed by atoms with Gasteiger partial charge in [0.05, 0.1) is 13.2 Å². The number of carbonyl (C=O) groups is 1. The zero-order chi connectivity index (χ0) is 20.2. The lowest BCUT2D eigenvalue weighted by Crippen LogP contribution is -2.49. The lowest BCUT2D eigenvalue weighted by Gasteiger charge is -2.32. The molecule has 0 bridgehead atoms. The van der Waals surface area contributed by atoms with Gasteiger partial charge in [-0.1, -0.05) is 19.1 Å². The Bertz CT molecular complexity index is 633. The maximum Gasteiger partial charge on any atom is 0.231 e. The van der Waals surface area contributed by atoms with Gasteiger partial charge in [-0.2, -0.15) is 0 Å². The van der Waals surface area contributed by atoms with Crippen LogP contribution in [0.2, 0.25) is 0 Å². The molecule has 1 aliphatic heterocycles. The van der Waals surface area contributed by atoms with Gasteiger partial charge in [0.15, 0.2) is 5.96 Å². The molecule has 0 atom stereocenters. The largest absolute Gasteiger partial charge is 0.494 e. The van der Waals surface area contributed by atoms with Crippen molar-refractivity contribution >= 4 is 35.8 Å². The number of halogens is 1. The van der Waals surface area contributed by atoms with Gasteiger partial charge < -0.3 is 21.1 Å². The number of hydrogen-bond donors (Lipinski definition) is 3. The summed E-state index contributed by atoms with van der Waals surface area (Å²) in [7, 11) is 0. The summed E-state index contributed by atoms with van der Waals surface area (Å²) in [5, 5.41) is 6.85. The van der Waals surface area contributed by atoms with Crippen molar-refractivity contribution in [1.82, 2.24) is 15.5 Å². The molecule has 2 rings (SSSR count). The number of ether oxygens (including phenoxy) is 1. The molecule has 0 aromatic heterocycles. The molecule has 4 N–H and O–H groups in total. The van der Waals surface area contributed by atoms with E-state index in [1.165, 1.54) is 5.56 Å². The van der Waals surface area contributed by atoms with Crippen molar-refractivity contribution in [3.05, 3.63) is 29.8 Å². The van der Waals surface area contributed by atoms with Gasteiger partial charge in [0.25, 0.3) is 0 Å². The molecule has 1 aromatic carbocycles. The number of nitrogens with two attached hydrogens (primary N) is 1. The molecule has 29 heavy (non-hydrogen) atoms. The van der Waals surface area contributed by atoms with Gasteiger partial charge in [-0.05, 0) is 50.3 Å². The average Bonchev–Trinajstić information content (AvgIpc) is 2.68. The predicted molar refractivity (Wildman–Crippen MR) is 129 cm³/mol. The van der Waals surface area contributed by atoms with Crippen molar-refractivity contribution in [3.8, 4) is 5.75 Å². The topological polar surface area (TPSA) is 92.0 Å². The Hall–Kier alpha value is -1.55. The van der Waals surface area contributed by atoms with Crippen LogP contribution in [0, 0.1) is 0 Å². The quantitative estimate of drug-likeness (QED) is 0.251. The van der Waals surface area contributed by atoms with Crippen LogP contribution in [0.15, 0.2) is 29.3 Å². The minimum Gasteiger partial charge on any atom is -0.494 e. The van der Waals surface area contributed by atoms with E-state index < -0.39 is 0 Å². The number of piperidine rings is 1. The van der Waals surface area contributed by atoms with Crippen LogP contribution in [0.3, 0.4) is 0 Å². The normalized spacial score (nSPS) is 15.4. The van der Waals surface area contributed by atoms with Crippen LogP contribution in [0.1, 0.15) is 38.7 Å². The fourth-order valence-electron chi connectivity index (χ4n) is 3.28. The van der Waals surface area contributed by atoms with E-state index in [-0.39, 0.29) is 29.9 Å². The first kappa shape index (κ1) is 25.5. The number of primary amides is 1. The molecule has 1 aromatic rings. The highest BCUT2D eigenvalue weighted by molar-refractivity contribution is 14.0. The van der Waals surface area contributed by atoms with Gasteiger partial charge in [0, 0.05) is 32.2 Å². The minimum absolute atomic E-state index is 0. The standard InChI is InChI=1S/C21H35N5O2.HI/c1-3-14-28-19-7-5-6-17(15-19)8-11-24-21(23-4-2)25-18-9-12-26(13-10-18)16-20(22)27;/h5-7,15,18H,3-4,8-14,16H2,1-2H3,(H2,22,27)(H2,23,24,25);1H. The first-order valence-corrected chi connectivity index (χ1v) is 10.4. The molecule has 1 fully saturated rings. The summed E-state index contributed by atoms with van der Waals surface area (Å²) >= 11 is 0. The molecule has 0 radical (unpaired) electrons. The lowest BCUT2D eigenvalue weighted by molar-refractivity contribution is -0.119. The number of aliphatic imine (C=N–C) groups is 1. The third-order valence-corrected chi connectivity index (χ3v) is 4.69. The number of rotatable bonds is 10. The molecule has 7 nitrogen and oxygen atoms in total. The fraction of sp³-hybridized carbons (Fsp3) is 0.619. The molecule has 1 aliphatic rings. The molecule has 1 amide bonds. The van der Waals surface area contributed by atoms with E-state index in [2.05, 4.69) is 41.5 Å². The summed E-state index contributed by atoms with van der Waals surface area (Å²) < 4.78 is 5.70. The van der Waals surface area contributed by atoms with Crippen LogP contribution < -0.4 is 21.1 Å². The van der Waals surface area contributed by atoms with Gasteiger partial charge in [-0.3, -0.25) is 14.7 Å². The monoisotopic (exact) mass is 517 g/mol. The van der Waals surface area contributed by atoms with Crippen molar-refractivity contribution in [2.45, 2.75) is 45.6 Å². The van der Waals surface area contributed by atoms with Crippen LogP contribution in [0.4, 0.5) is 0 Å². The van der Waals surface area contributed by atoms with E-state index in [1.807, 2.05) is 12.1 Å². The number of hydrogen-bond acceptors (Lipinski definition) is 4. The van der Waals surface area contributed by atoms with Crippen molar-refractivity contribution in [1.29, 1.82) is 0 Å². The molecule has 0 spiro atoms. The van der Waals surface area contributed by atoms with E-state index in [1.54, 1.807) is 0 Å². The van der Waals surface area contributed by atoms with Crippen molar-refractivity contribution in [2.24, 2.45) is 10.7 Å². The Morgan fingerprint density at radius 2 is 2.07 bits per heavy atom. The Morgan fingerprint density at radius 1 is 1.31 bits per heavy atom. The second-order valence-electron chi connectivity index (χ2n) is 7.17. The molecule has 0 saturated carbocycles. The van der Waals surface area contributed by atoms with Gasteiger partial charge in [0.1, 0.15) is 5.75 Å². The average molecular weight is 517 g/mol. The molecular weight excluding hydrogens is 481 g/mol. The number of carbonyl (C=O) groups excluding carboxylic acids is 1. The molecule has 0 unspecified atom stereocenters. The van der Waals surface area contributed by atoms with Crippen LogP contribution in [0.5, 0.6) is 5.75 Å². The first-order valence-electron chi connectivity index (χ1n) is 10.4. The Kier molecular flexibility index (Phi) is 12.7. The summed E-state index contributed by atoms with van der Waals surface area (Å²) in [6.07, 6.45) is 3.84. The molecular formula is C21H36IN5O2. The highest BCUT2D eigenvalue weighted by Gasteiger charge is 2.20. The van der Waals surface area contributed by atoms with E-state index >= 15 is 0 Å². The van der Waals surface area contributed by atoms with E-state index in [9.17, 15) is 4.79 Å². The molecule has 164 valence electrons. The fourth-order valence-corrected chi connectivity index (χ4v) is 3.28. The summed E-state index contributed by atoms with van der Waals surface area (Å²) in [6, 6.07) is 8.61. The summed E-state index contributed by atoms with van der Waals surface area (Å²) in [5.74, 6) is 1.52. The van der Waals surface area contributed by atoms with Gasteiger partial charge in [-0.25, -0.2) is 0 Å². The Labute approximate surface area is 191 Å².